The van der Waals surface area contributed by atoms with Crippen molar-refractivity contribution in [2.24, 2.45) is 0 Å². The van der Waals surface area contributed by atoms with Gasteiger partial charge in [-0.1, -0.05) is 18.9 Å². The van der Waals surface area contributed by atoms with Crippen LogP contribution in [0.4, 0.5) is 0 Å². The van der Waals surface area contributed by atoms with Crippen LogP contribution in [0.25, 0.3) is 0 Å². The molecule has 1 amide bonds. The molecule has 1 atom stereocenters. The second-order valence-corrected chi connectivity index (χ2v) is 4.75. The fraction of sp³-hybridized carbons (Fsp3) is 0.500. The largest absolute Gasteiger partial charge is 0.448 e. The van der Waals surface area contributed by atoms with E-state index in [2.05, 4.69) is 10.3 Å². The van der Waals surface area contributed by atoms with Crippen LogP contribution in [0.2, 0.25) is 0 Å². The summed E-state index contributed by atoms with van der Waals surface area (Å²) >= 11 is 0. The smallest absolute Gasteiger partial charge is 0.357 e. The Morgan fingerprint density at radius 2 is 2.11 bits per heavy atom. The molecule has 1 aliphatic carbocycles. The predicted molar refractivity (Wildman–Crippen MR) is 69.5 cm³/mol. The molecule has 0 spiro atoms. The Bertz CT molecular complexity index is 441. The summed E-state index contributed by atoms with van der Waals surface area (Å²) in [5.74, 6) is -0.814. The van der Waals surface area contributed by atoms with Crippen LogP contribution in [-0.4, -0.2) is 29.0 Å². The lowest BCUT2D eigenvalue weighted by atomic mass is 10.2. The van der Waals surface area contributed by atoms with Gasteiger partial charge in [0.1, 0.15) is 5.69 Å². The van der Waals surface area contributed by atoms with Crippen molar-refractivity contribution in [2.75, 3.05) is 0 Å². The molecule has 0 radical (unpaired) electrons. The lowest BCUT2D eigenvalue weighted by molar-refractivity contribution is -0.129. The third-order valence-corrected chi connectivity index (χ3v) is 3.23. The number of nitrogens with zero attached hydrogens (tertiary/aromatic N) is 1. The molecule has 1 N–H and O–H groups in total. The second-order valence-electron chi connectivity index (χ2n) is 4.75. The summed E-state index contributed by atoms with van der Waals surface area (Å²) in [6.07, 6.45) is 5.02. The summed E-state index contributed by atoms with van der Waals surface area (Å²) < 4.78 is 5.10. The van der Waals surface area contributed by atoms with Gasteiger partial charge in [0.25, 0.3) is 5.91 Å². The van der Waals surface area contributed by atoms with Gasteiger partial charge in [0.2, 0.25) is 0 Å². The van der Waals surface area contributed by atoms with Crippen molar-refractivity contribution in [3.8, 4) is 0 Å². The molecule has 5 heteroatoms. The zero-order chi connectivity index (χ0) is 13.7. The standard InChI is InChI=1S/C14H18N2O3/c1-10(13(17)16-11-6-2-3-7-11)19-14(18)12-8-4-5-9-15-12/h4-5,8-11H,2-3,6-7H2,1H3,(H,16,17)/t10-/m0/s1. The summed E-state index contributed by atoms with van der Waals surface area (Å²) in [5.41, 5.74) is 0.211. The molecular formula is C14H18N2O3. The van der Waals surface area contributed by atoms with Crippen LogP contribution in [0, 0.1) is 0 Å². The van der Waals surface area contributed by atoms with Gasteiger partial charge >= 0.3 is 5.97 Å². The summed E-state index contributed by atoms with van der Waals surface area (Å²) in [4.78, 5) is 27.5. The van der Waals surface area contributed by atoms with Crippen molar-refractivity contribution < 1.29 is 14.3 Å². The number of ether oxygens (including phenoxy) is 1. The van der Waals surface area contributed by atoms with Crippen molar-refractivity contribution in [1.82, 2.24) is 10.3 Å². The highest BCUT2D eigenvalue weighted by Crippen LogP contribution is 2.17. The molecule has 1 aliphatic rings. The highest BCUT2D eigenvalue weighted by Gasteiger charge is 2.23. The van der Waals surface area contributed by atoms with Gasteiger partial charge in [-0.3, -0.25) is 4.79 Å². The van der Waals surface area contributed by atoms with Crippen LogP contribution < -0.4 is 5.32 Å². The molecule has 1 saturated carbocycles. The molecule has 1 heterocycles. The Morgan fingerprint density at radius 3 is 2.74 bits per heavy atom. The summed E-state index contributed by atoms with van der Waals surface area (Å²) in [6, 6.07) is 5.20. The Kier molecular flexibility index (Phi) is 4.49. The molecule has 0 bridgehead atoms. The molecule has 102 valence electrons. The monoisotopic (exact) mass is 262 g/mol. The number of carbonyl (C=O) groups excluding carboxylic acids is 2. The van der Waals surface area contributed by atoms with E-state index in [0.29, 0.717) is 0 Å². The first-order valence-electron chi connectivity index (χ1n) is 6.59. The van der Waals surface area contributed by atoms with E-state index in [4.69, 9.17) is 4.74 Å². The maximum absolute atomic E-state index is 11.9. The minimum atomic E-state index is -0.796. The molecule has 0 aromatic carbocycles. The topological polar surface area (TPSA) is 68.3 Å². The van der Waals surface area contributed by atoms with E-state index >= 15 is 0 Å². The van der Waals surface area contributed by atoms with Gasteiger partial charge in [-0.05, 0) is 31.9 Å². The molecule has 1 aromatic heterocycles. The van der Waals surface area contributed by atoms with Gasteiger partial charge in [-0.25, -0.2) is 9.78 Å². The van der Waals surface area contributed by atoms with Gasteiger partial charge in [0.15, 0.2) is 6.10 Å². The van der Waals surface area contributed by atoms with Gasteiger partial charge in [0.05, 0.1) is 0 Å². The minimum Gasteiger partial charge on any atom is -0.448 e. The number of hydrogen-bond donors (Lipinski definition) is 1. The van der Waals surface area contributed by atoms with E-state index in [9.17, 15) is 9.59 Å². The zero-order valence-corrected chi connectivity index (χ0v) is 11.0. The summed E-state index contributed by atoms with van der Waals surface area (Å²) in [5, 5.41) is 2.90. The number of aromatic nitrogens is 1. The molecule has 2 rings (SSSR count). The van der Waals surface area contributed by atoms with Crippen molar-refractivity contribution in [3.63, 3.8) is 0 Å². The van der Waals surface area contributed by atoms with Crippen LogP contribution in [0.3, 0.4) is 0 Å². The quantitative estimate of drug-likeness (QED) is 0.838. The Balaban J connectivity index is 1.84. The third kappa shape index (κ3) is 3.77. The van der Waals surface area contributed by atoms with Crippen LogP contribution in [0.1, 0.15) is 43.1 Å². The number of rotatable bonds is 4. The van der Waals surface area contributed by atoms with Crippen LogP contribution >= 0.6 is 0 Å². The molecule has 1 fully saturated rings. The van der Waals surface area contributed by atoms with Gasteiger partial charge in [0, 0.05) is 12.2 Å². The predicted octanol–water partition coefficient (Wildman–Crippen LogP) is 1.69. The minimum absolute atomic E-state index is 0.211. The average molecular weight is 262 g/mol. The number of amides is 1. The first kappa shape index (κ1) is 13.5. The highest BCUT2D eigenvalue weighted by atomic mass is 16.5. The number of hydrogen-bond acceptors (Lipinski definition) is 4. The van der Waals surface area contributed by atoms with Gasteiger partial charge in [-0.2, -0.15) is 0 Å². The molecule has 5 nitrogen and oxygen atoms in total. The van der Waals surface area contributed by atoms with E-state index in [1.165, 1.54) is 6.20 Å². The summed E-state index contributed by atoms with van der Waals surface area (Å²) in [7, 11) is 0. The molecule has 0 saturated heterocycles. The average Bonchev–Trinajstić information content (AvgIpc) is 2.92. The van der Waals surface area contributed by atoms with Crippen LogP contribution in [0.15, 0.2) is 24.4 Å². The number of nitrogens with one attached hydrogen (secondary N) is 1. The van der Waals surface area contributed by atoms with Gasteiger partial charge < -0.3 is 10.1 Å². The fourth-order valence-corrected chi connectivity index (χ4v) is 2.15. The lowest BCUT2D eigenvalue weighted by Crippen LogP contribution is -2.40. The molecule has 19 heavy (non-hydrogen) atoms. The van der Waals surface area contributed by atoms with Crippen LogP contribution in [0.5, 0.6) is 0 Å². The van der Waals surface area contributed by atoms with Crippen molar-refractivity contribution in [3.05, 3.63) is 30.1 Å². The van der Waals surface area contributed by atoms with Crippen molar-refractivity contribution in [1.29, 1.82) is 0 Å². The Hall–Kier alpha value is -1.91. The summed E-state index contributed by atoms with van der Waals surface area (Å²) in [6.45, 7) is 1.57. The molecule has 0 unspecified atom stereocenters. The van der Waals surface area contributed by atoms with E-state index < -0.39 is 12.1 Å². The normalized spacial score (nSPS) is 16.9. The highest BCUT2D eigenvalue weighted by molar-refractivity contribution is 5.90. The number of carbonyl (C=O) groups is 2. The van der Waals surface area contributed by atoms with Gasteiger partial charge in [-0.15, -0.1) is 0 Å². The third-order valence-electron chi connectivity index (χ3n) is 3.23. The van der Waals surface area contributed by atoms with Crippen molar-refractivity contribution in [2.45, 2.75) is 44.8 Å². The molecular weight excluding hydrogens is 244 g/mol. The van der Waals surface area contributed by atoms with E-state index in [1.807, 2.05) is 0 Å². The maximum atomic E-state index is 11.9. The lowest BCUT2D eigenvalue weighted by Gasteiger charge is -2.16. The SMILES string of the molecule is C[C@H](OC(=O)c1ccccn1)C(=O)NC1CCCC1. The van der Waals surface area contributed by atoms with Crippen molar-refractivity contribution >= 4 is 11.9 Å². The number of esters is 1. The fourth-order valence-electron chi connectivity index (χ4n) is 2.15. The van der Waals surface area contributed by atoms with E-state index in [0.717, 1.165) is 25.7 Å². The molecule has 1 aromatic rings. The maximum Gasteiger partial charge on any atom is 0.357 e. The molecule has 0 aliphatic heterocycles. The van der Waals surface area contributed by atoms with Crippen LogP contribution in [-0.2, 0) is 9.53 Å². The van der Waals surface area contributed by atoms with E-state index in [1.54, 1.807) is 25.1 Å². The Labute approximate surface area is 112 Å². The number of pyridine rings is 1. The first-order valence-corrected chi connectivity index (χ1v) is 6.59. The van der Waals surface area contributed by atoms with E-state index in [-0.39, 0.29) is 17.6 Å². The zero-order valence-electron chi connectivity index (χ0n) is 11.0. The first-order chi connectivity index (χ1) is 9.16. The second kappa shape index (κ2) is 6.31. The Morgan fingerprint density at radius 1 is 1.37 bits per heavy atom.